The van der Waals surface area contributed by atoms with Gasteiger partial charge in [0.1, 0.15) is 11.9 Å². The van der Waals surface area contributed by atoms with Crippen LogP contribution in [0.25, 0.3) is 32.7 Å². The summed E-state index contributed by atoms with van der Waals surface area (Å²) in [7, 11) is 1.67. The highest BCUT2D eigenvalue weighted by molar-refractivity contribution is 6.14. The molecule has 6 rings (SSSR count). The fraction of sp³-hybridized carbons (Fsp3) is 0.194. The van der Waals surface area contributed by atoms with Gasteiger partial charge in [0.25, 0.3) is 0 Å². The zero-order chi connectivity index (χ0) is 27.6. The number of esters is 1. The van der Waals surface area contributed by atoms with Crippen LogP contribution in [-0.4, -0.2) is 25.8 Å². The van der Waals surface area contributed by atoms with Crippen molar-refractivity contribution in [2.24, 2.45) is 0 Å². The molecule has 1 heterocycles. The number of ether oxygens (including phenoxy) is 3. The summed E-state index contributed by atoms with van der Waals surface area (Å²) in [6.45, 7) is 4.75. The van der Waals surface area contributed by atoms with E-state index in [4.69, 9.17) is 14.2 Å². The summed E-state index contributed by atoms with van der Waals surface area (Å²) in [6, 6.07) is 34.1. The molecule has 0 unspecified atom stereocenters. The monoisotopic (exact) mass is 528 g/mol. The van der Waals surface area contributed by atoms with Gasteiger partial charge in [-0.25, -0.2) is 4.79 Å². The molecule has 0 fully saturated rings. The van der Waals surface area contributed by atoms with Gasteiger partial charge in [0, 0.05) is 11.1 Å². The Labute approximate surface area is 234 Å². The third kappa shape index (κ3) is 4.76. The number of hydrogen-bond donors (Lipinski definition) is 0. The Kier molecular flexibility index (Phi) is 7.10. The third-order valence-corrected chi connectivity index (χ3v) is 7.96. The van der Waals surface area contributed by atoms with Gasteiger partial charge < -0.3 is 14.2 Å². The van der Waals surface area contributed by atoms with Crippen molar-refractivity contribution in [3.05, 3.63) is 125 Å². The zero-order valence-corrected chi connectivity index (χ0v) is 23.0. The first kappa shape index (κ1) is 25.8. The molecular formula is C36H32O4. The molecule has 0 N–H and O–H groups in total. The fourth-order valence-corrected chi connectivity index (χ4v) is 5.66. The maximum absolute atomic E-state index is 14.3. The van der Waals surface area contributed by atoms with Crippen LogP contribution >= 0.6 is 0 Å². The number of hydrogen-bond acceptors (Lipinski definition) is 4. The largest absolute Gasteiger partial charge is 0.496 e. The van der Waals surface area contributed by atoms with Crippen LogP contribution in [0.3, 0.4) is 0 Å². The van der Waals surface area contributed by atoms with E-state index in [-0.39, 0.29) is 6.10 Å². The van der Waals surface area contributed by atoms with Crippen molar-refractivity contribution in [1.82, 2.24) is 0 Å². The van der Waals surface area contributed by atoms with Gasteiger partial charge >= 0.3 is 5.97 Å². The highest BCUT2D eigenvalue weighted by Crippen LogP contribution is 2.43. The SMILES string of the molecule is COc1ccc2ccccc2c1-c1c(C(=O)O[C@H](c2ccccc2)[C@H]2CC(C)=C(C)CO2)ccc2ccccc12. The molecule has 1 aliphatic heterocycles. The lowest BCUT2D eigenvalue weighted by Crippen LogP contribution is -2.30. The van der Waals surface area contributed by atoms with Crippen LogP contribution in [0.1, 0.15) is 42.3 Å². The molecule has 5 aromatic rings. The molecule has 0 aliphatic carbocycles. The Balaban J connectivity index is 1.52. The summed E-state index contributed by atoms with van der Waals surface area (Å²) in [5, 5.41) is 4.08. The molecule has 0 radical (unpaired) electrons. The third-order valence-electron chi connectivity index (χ3n) is 7.96. The van der Waals surface area contributed by atoms with Crippen LogP contribution in [0.5, 0.6) is 5.75 Å². The lowest BCUT2D eigenvalue weighted by Gasteiger charge is -2.32. The van der Waals surface area contributed by atoms with Gasteiger partial charge in [-0.1, -0.05) is 96.6 Å². The Hall–Kier alpha value is -4.41. The number of methoxy groups -OCH3 is 1. The van der Waals surface area contributed by atoms with E-state index in [1.807, 2.05) is 78.9 Å². The number of benzene rings is 5. The molecule has 0 saturated carbocycles. The van der Waals surface area contributed by atoms with Gasteiger partial charge in [0.15, 0.2) is 6.10 Å². The second kappa shape index (κ2) is 11.0. The van der Waals surface area contributed by atoms with E-state index in [0.29, 0.717) is 24.3 Å². The number of fused-ring (bicyclic) bond motifs is 2. The maximum atomic E-state index is 14.3. The van der Waals surface area contributed by atoms with E-state index in [0.717, 1.165) is 38.2 Å². The molecule has 0 spiro atoms. The number of carbonyl (C=O) groups excluding carboxylic acids is 1. The van der Waals surface area contributed by atoms with Crippen molar-refractivity contribution in [1.29, 1.82) is 0 Å². The van der Waals surface area contributed by atoms with Crippen molar-refractivity contribution in [3.8, 4) is 16.9 Å². The van der Waals surface area contributed by atoms with Crippen LogP contribution < -0.4 is 4.74 Å². The standard InChI is InChI=1S/C36H32O4/c1-23-21-32(39-22-24(23)2)35(27-13-5-4-6-14-27)40-36(37)30-19-17-25-11-7-9-15-28(25)33(30)34-29-16-10-8-12-26(29)18-20-31(34)38-3/h4-20,32,35H,21-22H2,1-3H3/t32-,35-/m1/s1. The van der Waals surface area contributed by atoms with Gasteiger partial charge in [-0.3, -0.25) is 0 Å². The lowest BCUT2D eigenvalue weighted by molar-refractivity contribution is -0.0535. The van der Waals surface area contributed by atoms with Gasteiger partial charge in [0.05, 0.1) is 19.3 Å². The Morgan fingerprint density at radius 3 is 2.05 bits per heavy atom. The molecule has 2 atom stereocenters. The number of rotatable bonds is 6. The van der Waals surface area contributed by atoms with Crippen molar-refractivity contribution in [2.45, 2.75) is 32.5 Å². The smallest absolute Gasteiger partial charge is 0.339 e. The van der Waals surface area contributed by atoms with E-state index >= 15 is 0 Å². The molecule has 4 nitrogen and oxygen atoms in total. The minimum Gasteiger partial charge on any atom is -0.496 e. The van der Waals surface area contributed by atoms with E-state index in [2.05, 4.69) is 38.1 Å². The van der Waals surface area contributed by atoms with Crippen molar-refractivity contribution < 1.29 is 19.0 Å². The van der Waals surface area contributed by atoms with Crippen LogP contribution in [0.15, 0.2) is 114 Å². The Bertz CT molecular complexity index is 1730. The molecule has 5 aromatic carbocycles. The van der Waals surface area contributed by atoms with Crippen LogP contribution in [0.2, 0.25) is 0 Å². The molecule has 200 valence electrons. The zero-order valence-electron chi connectivity index (χ0n) is 23.0. The molecule has 40 heavy (non-hydrogen) atoms. The molecule has 4 heteroatoms. The highest BCUT2D eigenvalue weighted by atomic mass is 16.6. The summed E-state index contributed by atoms with van der Waals surface area (Å²) in [5.74, 6) is 0.313. The maximum Gasteiger partial charge on any atom is 0.339 e. The molecule has 0 aromatic heterocycles. The van der Waals surface area contributed by atoms with Gasteiger partial charge in [-0.2, -0.15) is 0 Å². The first-order valence-corrected chi connectivity index (χ1v) is 13.7. The van der Waals surface area contributed by atoms with Gasteiger partial charge in [-0.15, -0.1) is 0 Å². The Morgan fingerprint density at radius 1 is 0.750 bits per heavy atom. The summed E-state index contributed by atoms with van der Waals surface area (Å²) >= 11 is 0. The number of carbonyl (C=O) groups is 1. The summed E-state index contributed by atoms with van der Waals surface area (Å²) in [5.41, 5.74) is 5.60. The van der Waals surface area contributed by atoms with Gasteiger partial charge in [-0.05, 0) is 65.1 Å². The van der Waals surface area contributed by atoms with Crippen LogP contribution in [-0.2, 0) is 9.47 Å². The molecule has 0 saturated heterocycles. The van der Waals surface area contributed by atoms with Crippen molar-refractivity contribution in [2.75, 3.05) is 13.7 Å². The second-order valence-electron chi connectivity index (χ2n) is 10.4. The fourth-order valence-electron chi connectivity index (χ4n) is 5.66. The van der Waals surface area contributed by atoms with Crippen molar-refractivity contribution >= 4 is 27.5 Å². The van der Waals surface area contributed by atoms with Crippen LogP contribution in [0, 0.1) is 0 Å². The quantitative estimate of drug-likeness (QED) is 0.163. The second-order valence-corrected chi connectivity index (χ2v) is 10.4. The lowest BCUT2D eigenvalue weighted by atomic mass is 9.89. The molecular weight excluding hydrogens is 496 g/mol. The van der Waals surface area contributed by atoms with E-state index in [9.17, 15) is 4.79 Å². The minimum absolute atomic E-state index is 0.272. The first-order chi connectivity index (χ1) is 19.5. The van der Waals surface area contributed by atoms with E-state index < -0.39 is 12.1 Å². The topological polar surface area (TPSA) is 44.8 Å². The van der Waals surface area contributed by atoms with Crippen molar-refractivity contribution in [3.63, 3.8) is 0 Å². The molecule has 0 amide bonds. The van der Waals surface area contributed by atoms with Gasteiger partial charge in [0.2, 0.25) is 0 Å². The highest BCUT2D eigenvalue weighted by Gasteiger charge is 2.32. The predicted molar refractivity (Wildman–Crippen MR) is 161 cm³/mol. The van der Waals surface area contributed by atoms with Crippen LogP contribution in [0.4, 0.5) is 0 Å². The van der Waals surface area contributed by atoms with E-state index in [1.54, 1.807) is 7.11 Å². The first-order valence-electron chi connectivity index (χ1n) is 13.7. The molecule has 0 bridgehead atoms. The normalized spacial score (nSPS) is 16.2. The summed E-state index contributed by atoms with van der Waals surface area (Å²) in [6.07, 6.45) is -0.114. The summed E-state index contributed by atoms with van der Waals surface area (Å²) in [4.78, 5) is 14.3. The Morgan fingerprint density at radius 2 is 1.38 bits per heavy atom. The average Bonchev–Trinajstić information content (AvgIpc) is 3.00. The minimum atomic E-state index is -0.550. The summed E-state index contributed by atoms with van der Waals surface area (Å²) < 4.78 is 18.5. The molecule has 1 aliphatic rings. The average molecular weight is 529 g/mol. The van der Waals surface area contributed by atoms with E-state index in [1.165, 1.54) is 11.1 Å². The predicted octanol–water partition coefficient (Wildman–Crippen LogP) is 8.69.